The van der Waals surface area contributed by atoms with E-state index < -0.39 is 0 Å². The van der Waals surface area contributed by atoms with Gasteiger partial charge in [0.25, 0.3) is 0 Å². The fraction of sp³-hybridized carbons (Fsp3) is 0.562. The topological polar surface area (TPSA) is 43.8 Å². The molecule has 19 heavy (non-hydrogen) atoms. The second-order valence-corrected chi connectivity index (χ2v) is 5.45. The molecule has 0 fully saturated rings. The van der Waals surface area contributed by atoms with Gasteiger partial charge in [-0.2, -0.15) is 0 Å². The van der Waals surface area contributed by atoms with Crippen molar-refractivity contribution < 1.29 is 0 Å². The van der Waals surface area contributed by atoms with Crippen LogP contribution in [0.5, 0.6) is 0 Å². The molecule has 0 spiro atoms. The van der Waals surface area contributed by atoms with E-state index in [0.29, 0.717) is 5.92 Å². The number of hydrogen-bond acceptors (Lipinski definition) is 2. The standard InChI is InChI=1S/C16H25N3/c1-4-10-19-15-8-7-12(2)11-14(15)18-16(19)13(3)6-5-9-17/h7-8,11,13H,4-6,9-10,17H2,1-3H3. The van der Waals surface area contributed by atoms with Crippen LogP contribution < -0.4 is 5.73 Å². The molecule has 2 rings (SSSR count). The van der Waals surface area contributed by atoms with E-state index in [-0.39, 0.29) is 0 Å². The van der Waals surface area contributed by atoms with Gasteiger partial charge in [-0.05, 0) is 50.4 Å². The molecule has 1 unspecified atom stereocenters. The van der Waals surface area contributed by atoms with Crippen LogP contribution in [0.2, 0.25) is 0 Å². The van der Waals surface area contributed by atoms with Crippen LogP contribution in [0.1, 0.15) is 50.4 Å². The Morgan fingerprint density at radius 2 is 2.16 bits per heavy atom. The first-order valence-corrected chi connectivity index (χ1v) is 7.34. The lowest BCUT2D eigenvalue weighted by Crippen LogP contribution is -2.09. The molecule has 1 aromatic heterocycles. The van der Waals surface area contributed by atoms with Crippen LogP contribution in [0, 0.1) is 6.92 Å². The summed E-state index contributed by atoms with van der Waals surface area (Å²) in [5.74, 6) is 1.69. The third kappa shape index (κ3) is 2.98. The van der Waals surface area contributed by atoms with Gasteiger partial charge in [-0.25, -0.2) is 4.98 Å². The molecule has 3 heteroatoms. The van der Waals surface area contributed by atoms with Crippen molar-refractivity contribution in [3.63, 3.8) is 0 Å². The maximum absolute atomic E-state index is 5.62. The Morgan fingerprint density at radius 3 is 2.84 bits per heavy atom. The van der Waals surface area contributed by atoms with Crippen molar-refractivity contribution in [3.8, 4) is 0 Å². The van der Waals surface area contributed by atoms with Gasteiger partial charge < -0.3 is 10.3 Å². The van der Waals surface area contributed by atoms with E-state index in [2.05, 4.69) is 43.5 Å². The van der Waals surface area contributed by atoms with Gasteiger partial charge in [-0.15, -0.1) is 0 Å². The molecule has 1 atom stereocenters. The number of aryl methyl sites for hydroxylation is 2. The lowest BCUT2D eigenvalue weighted by molar-refractivity contribution is 0.559. The molecule has 2 aromatic rings. The molecule has 104 valence electrons. The van der Waals surface area contributed by atoms with Crippen LogP contribution in [0.15, 0.2) is 18.2 Å². The molecule has 1 aromatic carbocycles. The first-order valence-electron chi connectivity index (χ1n) is 7.34. The van der Waals surface area contributed by atoms with E-state index in [1.165, 1.54) is 16.9 Å². The summed E-state index contributed by atoms with van der Waals surface area (Å²) in [4.78, 5) is 4.87. The van der Waals surface area contributed by atoms with Crippen molar-refractivity contribution in [1.29, 1.82) is 0 Å². The monoisotopic (exact) mass is 259 g/mol. The zero-order valence-electron chi connectivity index (χ0n) is 12.3. The normalized spacial score (nSPS) is 13.1. The summed E-state index contributed by atoms with van der Waals surface area (Å²) in [6, 6.07) is 6.55. The molecule has 3 nitrogen and oxygen atoms in total. The van der Waals surface area contributed by atoms with E-state index in [1.54, 1.807) is 0 Å². The average Bonchev–Trinajstić information content (AvgIpc) is 2.74. The molecule has 0 radical (unpaired) electrons. The third-order valence-electron chi connectivity index (χ3n) is 3.66. The SMILES string of the molecule is CCCn1c(C(C)CCCN)nc2cc(C)ccc21. The number of rotatable bonds is 6. The predicted octanol–water partition coefficient (Wildman–Crippen LogP) is 3.60. The number of hydrogen-bond donors (Lipinski definition) is 1. The smallest absolute Gasteiger partial charge is 0.112 e. The van der Waals surface area contributed by atoms with Crippen LogP contribution in [-0.2, 0) is 6.54 Å². The molecule has 0 amide bonds. The second kappa shape index (κ2) is 6.20. The maximum atomic E-state index is 5.62. The molecule has 1 heterocycles. The van der Waals surface area contributed by atoms with Crippen LogP contribution >= 0.6 is 0 Å². The highest BCUT2D eigenvalue weighted by Crippen LogP contribution is 2.26. The number of fused-ring (bicyclic) bond motifs is 1. The van der Waals surface area contributed by atoms with Crippen LogP contribution in [0.4, 0.5) is 0 Å². The minimum Gasteiger partial charge on any atom is -0.330 e. The predicted molar refractivity (Wildman–Crippen MR) is 81.5 cm³/mol. The number of nitrogens with zero attached hydrogens (tertiary/aromatic N) is 2. The van der Waals surface area contributed by atoms with Crippen molar-refractivity contribution in [2.45, 2.75) is 52.5 Å². The Labute approximate surface area is 115 Å². The van der Waals surface area contributed by atoms with Gasteiger partial charge in [0.1, 0.15) is 5.82 Å². The molecular formula is C16H25N3. The van der Waals surface area contributed by atoms with Crippen molar-refractivity contribution >= 4 is 11.0 Å². The number of nitrogens with two attached hydrogens (primary N) is 1. The minimum atomic E-state index is 0.475. The van der Waals surface area contributed by atoms with E-state index in [9.17, 15) is 0 Å². The number of aromatic nitrogens is 2. The van der Waals surface area contributed by atoms with Crippen LogP contribution in [-0.4, -0.2) is 16.1 Å². The van der Waals surface area contributed by atoms with Crippen LogP contribution in [0.25, 0.3) is 11.0 Å². The van der Waals surface area contributed by atoms with E-state index in [1.807, 2.05) is 0 Å². The van der Waals surface area contributed by atoms with E-state index in [4.69, 9.17) is 10.7 Å². The third-order valence-corrected chi connectivity index (χ3v) is 3.66. The summed E-state index contributed by atoms with van der Waals surface area (Å²) in [5.41, 5.74) is 9.29. The molecule has 0 saturated carbocycles. The first kappa shape index (κ1) is 14.1. The fourth-order valence-corrected chi connectivity index (χ4v) is 2.65. The number of imidazole rings is 1. The maximum Gasteiger partial charge on any atom is 0.112 e. The van der Waals surface area contributed by atoms with E-state index in [0.717, 1.165) is 37.9 Å². The Balaban J connectivity index is 2.43. The summed E-state index contributed by atoms with van der Waals surface area (Å²) < 4.78 is 2.38. The minimum absolute atomic E-state index is 0.475. The molecule has 0 aliphatic carbocycles. The van der Waals surface area contributed by atoms with Crippen LogP contribution in [0.3, 0.4) is 0 Å². The molecule has 0 bridgehead atoms. The van der Waals surface area contributed by atoms with E-state index >= 15 is 0 Å². The average molecular weight is 259 g/mol. The molecule has 2 N–H and O–H groups in total. The summed E-state index contributed by atoms with van der Waals surface area (Å²) in [7, 11) is 0. The Hall–Kier alpha value is -1.35. The lowest BCUT2D eigenvalue weighted by Gasteiger charge is -2.13. The zero-order chi connectivity index (χ0) is 13.8. The van der Waals surface area contributed by atoms with Crippen molar-refractivity contribution in [1.82, 2.24) is 9.55 Å². The summed E-state index contributed by atoms with van der Waals surface area (Å²) in [5, 5.41) is 0. The van der Waals surface area contributed by atoms with Crippen molar-refractivity contribution in [3.05, 3.63) is 29.6 Å². The summed E-state index contributed by atoms with van der Waals surface area (Å²) in [6.07, 6.45) is 3.31. The van der Waals surface area contributed by atoms with Gasteiger partial charge in [-0.3, -0.25) is 0 Å². The van der Waals surface area contributed by atoms with Gasteiger partial charge in [0.2, 0.25) is 0 Å². The highest BCUT2D eigenvalue weighted by molar-refractivity contribution is 5.77. The summed E-state index contributed by atoms with van der Waals surface area (Å²) >= 11 is 0. The number of benzene rings is 1. The van der Waals surface area contributed by atoms with Crippen molar-refractivity contribution in [2.75, 3.05) is 6.54 Å². The highest BCUT2D eigenvalue weighted by atomic mass is 15.1. The van der Waals surface area contributed by atoms with Gasteiger partial charge >= 0.3 is 0 Å². The summed E-state index contributed by atoms with van der Waals surface area (Å²) in [6.45, 7) is 8.40. The zero-order valence-corrected chi connectivity index (χ0v) is 12.3. The first-order chi connectivity index (χ1) is 9.17. The highest BCUT2D eigenvalue weighted by Gasteiger charge is 2.15. The molecule has 0 aliphatic rings. The molecule has 0 saturated heterocycles. The molecule has 0 aliphatic heterocycles. The van der Waals surface area contributed by atoms with Crippen molar-refractivity contribution in [2.24, 2.45) is 5.73 Å². The quantitative estimate of drug-likeness (QED) is 0.861. The Morgan fingerprint density at radius 1 is 1.37 bits per heavy atom. The van der Waals surface area contributed by atoms with Gasteiger partial charge in [-0.1, -0.05) is 19.9 Å². The molecular weight excluding hydrogens is 234 g/mol. The lowest BCUT2D eigenvalue weighted by atomic mass is 10.0. The largest absolute Gasteiger partial charge is 0.330 e. The Kier molecular flexibility index (Phi) is 4.59. The van der Waals surface area contributed by atoms with Gasteiger partial charge in [0, 0.05) is 12.5 Å². The Bertz CT molecular complexity index is 542. The fourth-order valence-electron chi connectivity index (χ4n) is 2.65. The second-order valence-electron chi connectivity index (χ2n) is 5.45. The van der Waals surface area contributed by atoms with Gasteiger partial charge in [0.15, 0.2) is 0 Å². The van der Waals surface area contributed by atoms with Gasteiger partial charge in [0.05, 0.1) is 11.0 Å².